The summed E-state index contributed by atoms with van der Waals surface area (Å²) >= 11 is 0. The van der Waals surface area contributed by atoms with Crippen LogP contribution in [-0.2, 0) is 9.84 Å². The van der Waals surface area contributed by atoms with Crippen LogP contribution < -0.4 is 5.32 Å². The Morgan fingerprint density at radius 3 is 2.15 bits per heavy atom. The largest absolute Gasteiger partial charge is 0.383 e. The first-order valence-corrected chi connectivity index (χ1v) is 6.07. The van der Waals surface area contributed by atoms with Crippen LogP contribution in [0.4, 0.5) is 0 Å². The fraction of sp³-hybridized carbons (Fsp3) is 0.778. The standard InChI is InChI=1S/C9H19NO2S/c1-6-13(11,12)7-8(2)10-9(3,4)5/h7,10H,6H2,1-5H3/b8-7-. The van der Waals surface area contributed by atoms with Gasteiger partial charge in [0, 0.05) is 16.6 Å². The Bertz CT molecular complexity index is 283. The first-order chi connectivity index (χ1) is 5.66. The highest BCUT2D eigenvalue weighted by Crippen LogP contribution is 2.05. The average Bonchev–Trinajstić information content (AvgIpc) is 1.81. The van der Waals surface area contributed by atoms with E-state index >= 15 is 0 Å². The molecule has 0 aromatic heterocycles. The van der Waals surface area contributed by atoms with Crippen LogP contribution in [0.1, 0.15) is 34.6 Å². The summed E-state index contributed by atoms with van der Waals surface area (Å²) in [7, 11) is -3.02. The number of nitrogens with one attached hydrogen (secondary N) is 1. The molecule has 3 nitrogen and oxygen atoms in total. The molecule has 0 aliphatic heterocycles. The van der Waals surface area contributed by atoms with Gasteiger partial charge in [-0.3, -0.25) is 0 Å². The molecule has 0 aromatic rings. The lowest BCUT2D eigenvalue weighted by atomic mass is 10.1. The van der Waals surface area contributed by atoms with E-state index in [0.717, 1.165) is 0 Å². The fourth-order valence-electron chi connectivity index (χ4n) is 0.974. The molecule has 0 atom stereocenters. The third kappa shape index (κ3) is 6.63. The molecule has 0 aromatic carbocycles. The van der Waals surface area contributed by atoms with Gasteiger partial charge in [0.15, 0.2) is 9.84 Å². The highest BCUT2D eigenvalue weighted by molar-refractivity contribution is 7.94. The summed E-state index contributed by atoms with van der Waals surface area (Å²) in [5.74, 6) is 0.149. The monoisotopic (exact) mass is 205 g/mol. The zero-order chi connectivity index (χ0) is 10.7. The van der Waals surface area contributed by atoms with Crippen molar-refractivity contribution in [3.05, 3.63) is 11.1 Å². The topological polar surface area (TPSA) is 46.2 Å². The molecule has 0 heterocycles. The zero-order valence-electron chi connectivity index (χ0n) is 9.01. The van der Waals surface area contributed by atoms with Crippen molar-refractivity contribution in [1.82, 2.24) is 5.32 Å². The summed E-state index contributed by atoms with van der Waals surface area (Å²) in [5, 5.41) is 4.38. The molecule has 0 aliphatic carbocycles. The van der Waals surface area contributed by atoms with Crippen molar-refractivity contribution < 1.29 is 8.42 Å². The van der Waals surface area contributed by atoms with Gasteiger partial charge in [-0.25, -0.2) is 8.42 Å². The molecule has 0 amide bonds. The summed E-state index contributed by atoms with van der Waals surface area (Å²) in [6.45, 7) is 9.36. The van der Waals surface area contributed by atoms with Crippen LogP contribution in [0, 0.1) is 0 Å². The summed E-state index contributed by atoms with van der Waals surface area (Å²) in [4.78, 5) is 0. The fourth-order valence-corrected chi connectivity index (χ4v) is 1.74. The smallest absolute Gasteiger partial charge is 0.173 e. The van der Waals surface area contributed by atoms with Crippen LogP contribution >= 0.6 is 0 Å². The second-order valence-corrected chi connectivity index (χ2v) is 6.27. The van der Waals surface area contributed by atoms with E-state index in [1.807, 2.05) is 20.8 Å². The number of rotatable bonds is 3. The molecule has 0 rings (SSSR count). The van der Waals surface area contributed by atoms with Crippen LogP contribution in [0.3, 0.4) is 0 Å². The van der Waals surface area contributed by atoms with Crippen molar-refractivity contribution in [1.29, 1.82) is 0 Å². The number of sulfone groups is 1. The zero-order valence-corrected chi connectivity index (χ0v) is 9.83. The maximum absolute atomic E-state index is 11.2. The van der Waals surface area contributed by atoms with E-state index in [2.05, 4.69) is 5.32 Å². The second-order valence-electron chi connectivity index (χ2n) is 4.13. The maximum Gasteiger partial charge on any atom is 0.173 e. The van der Waals surface area contributed by atoms with Crippen LogP contribution in [0.15, 0.2) is 11.1 Å². The Kier molecular flexibility index (Phi) is 3.97. The number of hydrogen-bond acceptors (Lipinski definition) is 3. The molecular formula is C9H19NO2S. The van der Waals surface area contributed by atoms with Crippen LogP contribution in [-0.4, -0.2) is 19.7 Å². The summed E-state index contributed by atoms with van der Waals surface area (Å²) in [6, 6.07) is 0. The first kappa shape index (κ1) is 12.5. The Morgan fingerprint density at radius 1 is 1.38 bits per heavy atom. The van der Waals surface area contributed by atoms with Crippen molar-refractivity contribution in [2.45, 2.75) is 40.2 Å². The van der Waals surface area contributed by atoms with Gasteiger partial charge in [0.1, 0.15) is 0 Å². The van der Waals surface area contributed by atoms with Gasteiger partial charge in [0.25, 0.3) is 0 Å². The van der Waals surface area contributed by atoms with Crippen molar-refractivity contribution in [2.75, 3.05) is 5.75 Å². The van der Waals surface area contributed by atoms with Gasteiger partial charge >= 0.3 is 0 Å². The second kappa shape index (κ2) is 4.13. The number of allylic oxidation sites excluding steroid dienone is 1. The molecule has 78 valence electrons. The van der Waals surface area contributed by atoms with Gasteiger partial charge in [-0.1, -0.05) is 6.92 Å². The van der Waals surface area contributed by atoms with Gasteiger partial charge in [-0.15, -0.1) is 0 Å². The van der Waals surface area contributed by atoms with Gasteiger partial charge in [-0.05, 0) is 27.7 Å². The van der Waals surface area contributed by atoms with E-state index in [1.165, 1.54) is 5.41 Å². The molecule has 0 spiro atoms. The molecule has 1 N–H and O–H groups in total. The van der Waals surface area contributed by atoms with E-state index in [1.54, 1.807) is 13.8 Å². The number of hydrogen-bond donors (Lipinski definition) is 1. The van der Waals surface area contributed by atoms with Crippen LogP contribution in [0.2, 0.25) is 0 Å². The molecular weight excluding hydrogens is 186 g/mol. The van der Waals surface area contributed by atoms with Crippen LogP contribution in [0.5, 0.6) is 0 Å². The molecule has 0 saturated heterocycles. The van der Waals surface area contributed by atoms with E-state index in [0.29, 0.717) is 5.70 Å². The third-order valence-corrected chi connectivity index (χ3v) is 2.85. The molecule has 0 bridgehead atoms. The molecule has 0 saturated carbocycles. The lowest BCUT2D eigenvalue weighted by Gasteiger charge is -2.22. The van der Waals surface area contributed by atoms with Gasteiger partial charge in [-0.2, -0.15) is 0 Å². The minimum atomic E-state index is -3.02. The predicted octanol–water partition coefficient (Wildman–Crippen LogP) is 1.67. The average molecular weight is 205 g/mol. The highest BCUT2D eigenvalue weighted by atomic mass is 32.2. The van der Waals surface area contributed by atoms with E-state index in [4.69, 9.17) is 0 Å². The van der Waals surface area contributed by atoms with E-state index in [9.17, 15) is 8.42 Å². The molecule has 0 radical (unpaired) electrons. The van der Waals surface area contributed by atoms with E-state index in [-0.39, 0.29) is 11.3 Å². The molecule has 0 fully saturated rings. The Hall–Kier alpha value is -0.510. The van der Waals surface area contributed by atoms with Crippen molar-refractivity contribution >= 4 is 9.84 Å². The van der Waals surface area contributed by atoms with Crippen molar-refractivity contribution in [3.63, 3.8) is 0 Å². The summed E-state index contributed by atoms with van der Waals surface area (Å²) in [5.41, 5.74) is 0.596. The third-order valence-electron chi connectivity index (χ3n) is 1.33. The first-order valence-electron chi connectivity index (χ1n) is 4.35. The van der Waals surface area contributed by atoms with Crippen molar-refractivity contribution in [2.24, 2.45) is 0 Å². The lowest BCUT2D eigenvalue weighted by molar-refractivity contribution is 0.474. The molecule has 4 heteroatoms. The van der Waals surface area contributed by atoms with Gasteiger partial charge in [0.2, 0.25) is 0 Å². The van der Waals surface area contributed by atoms with Crippen LogP contribution in [0.25, 0.3) is 0 Å². The molecule has 13 heavy (non-hydrogen) atoms. The Labute approximate surface area is 81.1 Å². The van der Waals surface area contributed by atoms with Gasteiger partial charge in [0.05, 0.1) is 5.75 Å². The predicted molar refractivity (Wildman–Crippen MR) is 56.1 cm³/mol. The highest BCUT2D eigenvalue weighted by Gasteiger charge is 2.10. The van der Waals surface area contributed by atoms with E-state index < -0.39 is 9.84 Å². The molecule has 0 aliphatic rings. The Morgan fingerprint density at radius 2 is 1.85 bits per heavy atom. The SMILES string of the molecule is CCS(=O)(=O)/C=C(/C)NC(C)(C)C. The van der Waals surface area contributed by atoms with Crippen molar-refractivity contribution in [3.8, 4) is 0 Å². The molecule has 0 unspecified atom stereocenters. The quantitative estimate of drug-likeness (QED) is 0.762. The lowest BCUT2D eigenvalue weighted by Crippen LogP contribution is -2.34. The summed E-state index contributed by atoms with van der Waals surface area (Å²) < 4.78 is 22.4. The van der Waals surface area contributed by atoms with Gasteiger partial charge < -0.3 is 5.32 Å². The minimum absolute atomic E-state index is 0.0934. The minimum Gasteiger partial charge on any atom is -0.383 e. The normalized spacial score (nSPS) is 14.4. The summed E-state index contributed by atoms with van der Waals surface area (Å²) in [6.07, 6.45) is 0. The maximum atomic E-state index is 11.2. The Balaban J connectivity index is 4.53.